The summed E-state index contributed by atoms with van der Waals surface area (Å²) >= 11 is 5.49. The van der Waals surface area contributed by atoms with Crippen molar-refractivity contribution >= 4 is 21.1 Å². The molecule has 0 aliphatic rings. The van der Waals surface area contributed by atoms with Crippen LogP contribution in [0.1, 0.15) is 13.8 Å². The first-order chi connectivity index (χ1) is 3.77. The standard InChI is InChI=1S/C6H13ClSi/c1-6(2)5-8-4-3-7/h6H,3-5H2,1-2H3. The molecule has 0 saturated carbocycles. The molecule has 2 heteroatoms. The van der Waals surface area contributed by atoms with Crippen LogP contribution in [-0.2, 0) is 0 Å². The summed E-state index contributed by atoms with van der Waals surface area (Å²) in [6, 6.07) is 2.56. The van der Waals surface area contributed by atoms with Gasteiger partial charge in [-0.25, -0.2) is 0 Å². The van der Waals surface area contributed by atoms with Crippen LogP contribution in [0, 0.1) is 5.92 Å². The van der Waals surface area contributed by atoms with Crippen molar-refractivity contribution in [2.45, 2.75) is 25.9 Å². The molecule has 0 aromatic rings. The first kappa shape index (κ1) is 8.51. The van der Waals surface area contributed by atoms with Crippen molar-refractivity contribution in [3.63, 3.8) is 0 Å². The number of halogens is 1. The smallest absolute Gasteiger partial charge is 0.0393 e. The Hall–Kier alpha value is 0.507. The van der Waals surface area contributed by atoms with Gasteiger partial charge in [0, 0.05) is 15.4 Å². The van der Waals surface area contributed by atoms with Gasteiger partial charge in [0.05, 0.1) is 0 Å². The van der Waals surface area contributed by atoms with Gasteiger partial charge in [0.2, 0.25) is 0 Å². The van der Waals surface area contributed by atoms with E-state index in [0.717, 1.165) is 21.3 Å². The zero-order chi connectivity index (χ0) is 6.41. The first-order valence-corrected chi connectivity index (χ1v) is 4.99. The quantitative estimate of drug-likeness (QED) is 0.327. The minimum absolute atomic E-state index is 0.838. The SMILES string of the molecule is CC(C)C[Si]CCCl. The predicted octanol–water partition coefficient (Wildman–Crippen LogP) is 2.42. The lowest BCUT2D eigenvalue weighted by Gasteiger charge is -1.99. The molecule has 0 atom stereocenters. The van der Waals surface area contributed by atoms with Gasteiger partial charge in [0.15, 0.2) is 0 Å². The summed E-state index contributed by atoms with van der Waals surface area (Å²) in [4.78, 5) is 0. The minimum atomic E-state index is 0.838. The van der Waals surface area contributed by atoms with Crippen molar-refractivity contribution in [2.24, 2.45) is 5.92 Å². The van der Waals surface area contributed by atoms with Crippen LogP contribution in [0.3, 0.4) is 0 Å². The van der Waals surface area contributed by atoms with E-state index in [1.165, 1.54) is 12.1 Å². The Kier molecular flexibility index (Phi) is 6.00. The van der Waals surface area contributed by atoms with E-state index in [4.69, 9.17) is 11.6 Å². The molecule has 2 radical (unpaired) electrons. The molecule has 0 aromatic heterocycles. The van der Waals surface area contributed by atoms with Gasteiger partial charge in [-0.15, -0.1) is 11.6 Å². The first-order valence-electron chi connectivity index (χ1n) is 3.04. The second kappa shape index (κ2) is 5.64. The molecule has 0 spiro atoms. The van der Waals surface area contributed by atoms with Crippen LogP contribution in [0.5, 0.6) is 0 Å². The normalized spacial score (nSPS) is 10.5. The zero-order valence-corrected chi connectivity index (χ0v) is 7.33. The van der Waals surface area contributed by atoms with E-state index in [9.17, 15) is 0 Å². The summed E-state index contributed by atoms with van der Waals surface area (Å²) in [5.74, 6) is 1.70. The van der Waals surface area contributed by atoms with E-state index in [1.54, 1.807) is 0 Å². The summed E-state index contributed by atoms with van der Waals surface area (Å²) in [5.41, 5.74) is 0. The van der Waals surface area contributed by atoms with Gasteiger partial charge in [-0.05, 0) is 12.0 Å². The van der Waals surface area contributed by atoms with Crippen LogP contribution in [0.4, 0.5) is 0 Å². The van der Waals surface area contributed by atoms with E-state index in [2.05, 4.69) is 13.8 Å². The molecule has 0 nitrogen and oxygen atoms in total. The maximum atomic E-state index is 5.49. The van der Waals surface area contributed by atoms with Gasteiger partial charge in [0.25, 0.3) is 0 Å². The van der Waals surface area contributed by atoms with Crippen LogP contribution in [-0.4, -0.2) is 15.4 Å². The van der Waals surface area contributed by atoms with Gasteiger partial charge in [-0.2, -0.15) is 0 Å². The molecule has 0 rings (SSSR count). The lowest BCUT2D eigenvalue weighted by molar-refractivity contribution is 0.730. The molecule has 0 aliphatic carbocycles. The fourth-order valence-electron chi connectivity index (χ4n) is 0.458. The van der Waals surface area contributed by atoms with E-state index in [0.29, 0.717) is 0 Å². The number of hydrogen-bond acceptors (Lipinski definition) is 0. The van der Waals surface area contributed by atoms with Crippen LogP contribution in [0.15, 0.2) is 0 Å². The molecule has 0 amide bonds. The lowest BCUT2D eigenvalue weighted by Crippen LogP contribution is -1.95. The average molecular weight is 149 g/mol. The van der Waals surface area contributed by atoms with E-state index < -0.39 is 0 Å². The Labute approximate surface area is 59.4 Å². The molecule has 0 bridgehead atoms. The van der Waals surface area contributed by atoms with Crippen molar-refractivity contribution in [3.05, 3.63) is 0 Å². The summed E-state index contributed by atoms with van der Waals surface area (Å²) in [7, 11) is 1.08. The van der Waals surface area contributed by atoms with Gasteiger partial charge in [0.1, 0.15) is 0 Å². The van der Waals surface area contributed by atoms with E-state index in [1.807, 2.05) is 0 Å². The second-order valence-corrected chi connectivity index (χ2v) is 4.07. The molecule has 0 unspecified atom stereocenters. The fraction of sp³-hybridized carbons (Fsp3) is 1.00. The molecule has 0 N–H and O–H groups in total. The van der Waals surface area contributed by atoms with Crippen LogP contribution in [0.25, 0.3) is 0 Å². The number of alkyl halides is 1. The molecule has 0 aromatic carbocycles. The Morgan fingerprint density at radius 3 is 2.50 bits per heavy atom. The maximum Gasteiger partial charge on any atom is 0.0393 e. The monoisotopic (exact) mass is 148 g/mol. The highest BCUT2D eigenvalue weighted by molar-refractivity contribution is 6.37. The van der Waals surface area contributed by atoms with Crippen molar-refractivity contribution in [1.82, 2.24) is 0 Å². The Morgan fingerprint density at radius 1 is 1.50 bits per heavy atom. The Morgan fingerprint density at radius 2 is 2.12 bits per heavy atom. The Bertz CT molecular complexity index is 45.8. The summed E-state index contributed by atoms with van der Waals surface area (Å²) in [6.45, 7) is 4.50. The molecule has 0 aliphatic heterocycles. The third-order valence-corrected chi connectivity index (χ3v) is 3.04. The third-order valence-electron chi connectivity index (χ3n) is 0.824. The van der Waals surface area contributed by atoms with Gasteiger partial charge >= 0.3 is 0 Å². The van der Waals surface area contributed by atoms with E-state index >= 15 is 0 Å². The largest absolute Gasteiger partial charge is 0.127 e. The number of rotatable bonds is 4. The number of hydrogen-bond donors (Lipinski definition) is 0. The highest BCUT2D eigenvalue weighted by Crippen LogP contribution is 2.00. The fourth-order valence-corrected chi connectivity index (χ4v) is 1.77. The molecule has 0 fully saturated rings. The molecular formula is C6H13ClSi. The van der Waals surface area contributed by atoms with Gasteiger partial charge < -0.3 is 0 Å². The summed E-state index contributed by atoms with van der Waals surface area (Å²) < 4.78 is 0. The van der Waals surface area contributed by atoms with E-state index in [-0.39, 0.29) is 0 Å². The van der Waals surface area contributed by atoms with Crippen LogP contribution in [0.2, 0.25) is 12.1 Å². The average Bonchev–Trinajstić information content (AvgIpc) is 1.66. The molecule has 48 valence electrons. The molecule has 0 heterocycles. The second-order valence-electron chi connectivity index (χ2n) is 2.29. The molecular weight excluding hydrogens is 136 g/mol. The predicted molar refractivity (Wildman–Crippen MR) is 40.9 cm³/mol. The summed E-state index contributed by atoms with van der Waals surface area (Å²) in [5, 5.41) is 0. The highest BCUT2D eigenvalue weighted by Gasteiger charge is 1.92. The van der Waals surface area contributed by atoms with Crippen molar-refractivity contribution in [1.29, 1.82) is 0 Å². The molecule has 8 heavy (non-hydrogen) atoms. The van der Waals surface area contributed by atoms with Crippen molar-refractivity contribution in [2.75, 3.05) is 5.88 Å². The molecule has 0 saturated heterocycles. The van der Waals surface area contributed by atoms with Crippen LogP contribution >= 0.6 is 11.6 Å². The third kappa shape index (κ3) is 6.51. The lowest BCUT2D eigenvalue weighted by atomic mass is 10.3. The topological polar surface area (TPSA) is 0 Å². The van der Waals surface area contributed by atoms with Crippen molar-refractivity contribution in [3.8, 4) is 0 Å². The minimum Gasteiger partial charge on any atom is -0.127 e. The Balaban J connectivity index is 2.72. The summed E-state index contributed by atoms with van der Waals surface area (Å²) in [6.07, 6.45) is 0. The van der Waals surface area contributed by atoms with Gasteiger partial charge in [-0.3, -0.25) is 0 Å². The zero-order valence-electron chi connectivity index (χ0n) is 5.58. The maximum absolute atomic E-state index is 5.49. The highest BCUT2D eigenvalue weighted by atomic mass is 35.5. The van der Waals surface area contributed by atoms with Crippen LogP contribution < -0.4 is 0 Å². The van der Waals surface area contributed by atoms with Crippen molar-refractivity contribution < 1.29 is 0 Å². The van der Waals surface area contributed by atoms with Gasteiger partial charge in [-0.1, -0.05) is 19.9 Å².